The first kappa shape index (κ1) is 21.6. The smallest absolute Gasteiger partial charge is 0.266 e. The van der Waals surface area contributed by atoms with Crippen molar-refractivity contribution in [3.63, 3.8) is 0 Å². The van der Waals surface area contributed by atoms with E-state index in [1.165, 1.54) is 12.1 Å². The maximum Gasteiger partial charge on any atom is 0.266 e. The van der Waals surface area contributed by atoms with Crippen molar-refractivity contribution >= 4 is 49.7 Å². The fourth-order valence-electron chi connectivity index (χ4n) is 3.40. The first-order chi connectivity index (χ1) is 14.8. The van der Waals surface area contributed by atoms with Crippen molar-refractivity contribution in [2.45, 2.75) is 11.8 Å². The summed E-state index contributed by atoms with van der Waals surface area (Å²) in [6, 6.07) is 15.7. The van der Waals surface area contributed by atoms with Crippen LogP contribution >= 0.6 is 22.9 Å². The van der Waals surface area contributed by atoms with Crippen molar-refractivity contribution in [1.82, 2.24) is 9.88 Å². The number of nitrogens with zero attached hydrogens (tertiary/aromatic N) is 3. The molecule has 4 rings (SSSR count). The van der Waals surface area contributed by atoms with Gasteiger partial charge in [-0.1, -0.05) is 47.2 Å². The third-order valence-electron chi connectivity index (χ3n) is 5.01. The van der Waals surface area contributed by atoms with Crippen LogP contribution in [0.2, 0.25) is 5.02 Å². The van der Waals surface area contributed by atoms with Crippen LogP contribution in [0.5, 0.6) is 0 Å². The normalized spacial score (nSPS) is 14.5. The molecule has 1 aliphatic rings. The molecule has 1 fully saturated rings. The molecule has 0 atom stereocenters. The zero-order valence-corrected chi connectivity index (χ0v) is 19.2. The molecule has 2 heterocycles. The quantitative estimate of drug-likeness (QED) is 0.604. The topological polar surface area (TPSA) is 82.6 Å². The van der Waals surface area contributed by atoms with E-state index in [0.29, 0.717) is 41.8 Å². The highest BCUT2D eigenvalue weighted by Crippen LogP contribution is 2.27. The molecule has 162 valence electrons. The summed E-state index contributed by atoms with van der Waals surface area (Å²) in [6.07, 6.45) is 0. The number of nitrogens with one attached hydrogen (secondary N) is 1. The minimum absolute atomic E-state index is 0.133. The van der Waals surface area contributed by atoms with Gasteiger partial charge in [0.15, 0.2) is 5.13 Å². The molecule has 0 spiro atoms. The molecule has 1 saturated heterocycles. The summed E-state index contributed by atoms with van der Waals surface area (Å²) in [6.45, 7) is 4.22. The number of sulfonamides is 1. The molecule has 0 aliphatic carbocycles. The second-order valence-corrected chi connectivity index (χ2v) is 10.2. The van der Waals surface area contributed by atoms with Crippen LogP contribution in [0.15, 0.2) is 59.5 Å². The highest BCUT2D eigenvalue weighted by molar-refractivity contribution is 7.93. The van der Waals surface area contributed by atoms with Gasteiger partial charge in [-0.3, -0.25) is 9.52 Å². The number of piperazine rings is 1. The molecule has 1 aliphatic heterocycles. The monoisotopic (exact) mass is 476 g/mol. The molecular formula is C21H21ClN4O3S2. The van der Waals surface area contributed by atoms with Crippen LogP contribution in [0.3, 0.4) is 0 Å². The summed E-state index contributed by atoms with van der Waals surface area (Å²) < 4.78 is 27.5. The van der Waals surface area contributed by atoms with Gasteiger partial charge < -0.3 is 9.80 Å². The van der Waals surface area contributed by atoms with E-state index >= 15 is 0 Å². The average molecular weight is 477 g/mol. The standard InChI is InChI=1S/C21H21ClN4O3S2/c1-15-19(30-21(23-15)24-31(28,29)18-8-3-2-4-9-18)20(27)26-12-10-25(11-13-26)17-7-5-6-16(22)14-17/h2-9,14H,10-13H2,1H3,(H,23,24). The number of benzene rings is 2. The number of hydrogen-bond donors (Lipinski definition) is 1. The highest BCUT2D eigenvalue weighted by Gasteiger charge is 2.26. The maximum atomic E-state index is 13.0. The molecule has 0 bridgehead atoms. The van der Waals surface area contributed by atoms with E-state index in [2.05, 4.69) is 14.6 Å². The van der Waals surface area contributed by atoms with E-state index in [9.17, 15) is 13.2 Å². The highest BCUT2D eigenvalue weighted by atomic mass is 35.5. The minimum Gasteiger partial charge on any atom is -0.368 e. The predicted molar refractivity (Wildman–Crippen MR) is 124 cm³/mol. The second-order valence-electron chi connectivity index (χ2n) is 7.11. The molecule has 7 nitrogen and oxygen atoms in total. The molecule has 1 aromatic heterocycles. The van der Waals surface area contributed by atoms with Crippen LogP contribution in [-0.4, -0.2) is 50.4 Å². The summed E-state index contributed by atoms with van der Waals surface area (Å²) in [4.78, 5) is 21.9. The molecule has 10 heteroatoms. The van der Waals surface area contributed by atoms with Crippen molar-refractivity contribution in [2.75, 3.05) is 35.8 Å². The van der Waals surface area contributed by atoms with Crippen molar-refractivity contribution in [3.05, 3.63) is 70.2 Å². The summed E-state index contributed by atoms with van der Waals surface area (Å²) >= 11 is 7.14. The van der Waals surface area contributed by atoms with Crippen molar-refractivity contribution in [2.24, 2.45) is 0 Å². The number of aromatic nitrogens is 1. The lowest BCUT2D eigenvalue weighted by molar-refractivity contribution is 0.0750. The predicted octanol–water partition coefficient (Wildman–Crippen LogP) is 3.87. The van der Waals surface area contributed by atoms with E-state index in [4.69, 9.17) is 11.6 Å². The first-order valence-corrected chi connectivity index (χ1v) is 12.4. The van der Waals surface area contributed by atoms with Crippen LogP contribution in [0.25, 0.3) is 0 Å². The fourth-order valence-corrected chi connectivity index (χ4v) is 5.77. The van der Waals surface area contributed by atoms with Crippen LogP contribution in [0.1, 0.15) is 15.4 Å². The number of hydrogen-bond acceptors (Lipinski definition) is 6. The molecule has 1 amide bonds. The van der Waals surface area contributed by atoms with E-state index < -0.39 is 10.0 Å². The number of halogens is 1. The zero-order chi connectivity index (χ0) is 22.0. The van der Waals surface area contributed by atoms with Gasteiger partial charge in [-0.15, -0.1) is 0 Å². The van der Waals surface area contributed by atoms with E-state index in [0.717, 1.165) is 17.0 Å². The number of carbonyl (C=O) groups is 1. The van der Waals surface area contributed by atoms with Gasteiger partial charge in [-0.05, 0) is 37.3 Å². The van der Waals surface area contributed by atoms with Gasteiger partial charge in [0, 0.05) is 36.9 Å². The fraction of sp³-hybridized carbons (Fsp3) is 0.238. The molecule has 3 aromatic rings. The summed E-state index contributed by atoms with van der Waals surface area (Å²) in [5.41, 5.74) is 1.55. The Hall–Kier alpha value is -2.62. The van der Waals surface area contributed by atoms with E-state index in [-0.39, 0.29) is 15.9 Å². The molecule has 0 radical (unpaired) electrons. The zero-order valence-electron chi connectivity index (χ0n) is 16.8. The Morgan fingerprint density at radius 1 is 1.06 bits per heavy atom. The van der Waals surface area contributed by atoms with E-state index in [1.54, 1.807) is 30.0 Å². The number of anilines is 2. The third kappa shape index (κ3) is 4.84. The number of amides is 1. The largest absolute Gasteiger partial charge is 0.368 e. The Morgan fingerprint density at radius 3 is 2.45 bits per heavy atom. The molecule has 2 aromatic carbocycles. The Labute approximate surface area is 190 Å². The lowest BCUT2D eigenvalue weighted by Gasteiger charge is -2.36. The van der Waals surface area contributed by atoms with Gasteiger partial charge in [0.1, 0.15) is 4.88 Å². The lowest BCUT2D eigenvalue weighted by atomic mass is 10.2. The third-order valence-corrected chi connectivity index (χ3v) is 7.79. The summed E-state index contributed by atoms with van der Waals surface area (Å²) in [7, 11) is -3.75. The van der Waals surface area contributed by atoms with Crippen LogP contribution in [-0.2, 0) is 10.0 Å². The van der Waals surface area contributed by atoms with Gasteiger partial charge in [0.2, 0.25) is 0 Å². The SMILES string of the molecule is Cc1nc(NS(=O)(=O)c2ccccc2)sc1C(=O)N1CCN(c2cccc(Cl)c2)CC1. The van der Waals surface area contributed by atoms with Crippen molar-refractivity contribution in [1.29, 1.82) is 0 Å². The van der Waals surface area contributed by atoms with Crippen molar-refractivity contribution in [3.8, 4) is 0 Å². The molecule has 1 N–H and O–H groups in total. The number of aryl methyl sites for hydroxylation is 1. The van der Waals surface area contributed by atoms with E-state index in [1.807, 2.05) is 24.3 Å². The summed E-state index contributed by atoms with van der Waals surface area (Å²) in [5, 5.41) is 0.865. The van der Waals surface area contributed by atoms with Crippen molar-refractivity contribution < 1.29 is 13.2 Å². The molecular weight excluding hydrogens is 456 g/mol. The average Bonchev–Trinajstić information content (AvgIpc) is 3.13. The van der Waals surface area contributed by atoms with Gasteiger partial charge in [0.25, 0.3) is 15.9 Å². The van der Waals surface area contributed by atoms with Gasteiger partial charge in [-0.2, -0.15) is 0 Å². The van der Waals surface area contributed by atoms with Gasteiger partial charge >= 0.3 is 0 Å². The molecule has 31 heavy (non-hydrogen) atoms. The van der Waals surface area contributed by atoms with Gasteiger partial charge in [-0.25, -0.2) is 13.4 Å². The molecule has 0 saturated carbocycles. The lowest BCUT2D eigenvalue weighted by Crippen LogP contribution is -2.48. The Kier molecular flexibility index (Phi) is 6.17. The van der Waals surface area contributed by atoms with Gasteiger partial charge in [0.05, 0.1) is 10.6 Å². The second kappa shape index (κ2) is 8.86. The number of thiazole rings is 1. The van der Waals surface area contributed by atoms with Crippen LogP contribution in [0.4, 0.5) is 10.8 Å². The van der Waals surface area contributed by atoms with Crippen LogP contribution in [0, 0.1) is 6.92 Å². The Balaban J connectivity index is 1.44. The number of carbonyl (C=O) groups excluding carboxylic acids is 1. The Morgan fingerprint density at radius 2 is 1.77 bits per heavy atom. The van der Waals surface area contributed by atoms with Crippen LogP contribution < -0.4 is 9.62 Å². The maximum absolute atomic E-state index is 13.0. The Bertz CT molecular complexity index is 1190. The number of rotatable bonds is 5. The first-order valence-electron chi connectivity index (χ1n) is 9.68. The minimum atomic E-state index is -3.75. The molecule has 0 unspecified atom stereocenters. The summed E-state index contributed by atoms with van der Waals surface area (Å²) in [5.74, 6) is -0.133.